The molecule has 1 aliphatic carbocycles. The van der Waals surface area contributed by atoms with Crippen molar-refractivity contribution in [1.29, 1.82) is 0 Å². The third-order valence-corrected chi connectivity index (χ3v) is 4.64. The normalized spacial score (nSPS) is 34.8. The fourth-order valence-corrected chi connectivity index (χ4v) is 3.55. The second-order valence-corrected chi connectivity index (χ2v) is 6.32. The standard InChI is InChI=1S/C15H27NO2/c1-12-4-5-15(18)14(9-12)11-16-7-2-3-13(10-16)6-8-17/h12-14,17H,2-11H2,1H3. The summed E-state index contributed by atoms with van der Waals surface area (Å²) in [5.74, 6) is 2.12. The second kappa shape index (κ2) is 6.67. The molecular formula is C15H27NO2. The highest BCUT2D eigenvalue weighted by molar-refractivity contribution is 5.81. The Labute approximate surface area is 111 Å². The van der Waals surface area contributed by atoms with Crippen molar-refractivity contribution in [2.45, 2.75) is 45.4 Å². The number of Topliss-reactive ketones (excluding diaryl/α,β-unsaturated/α-hetero) is 1. The SMILES string of the molecule is CC1CCC(=O)C(CN2CCCC(CCO)C2)C1. The van der Waals surface area contributed by atoms with Gasteiger partial charge in [0, 0.05) is 32.0 Å². The predicted molar refractivity (Wildman–Crippen MR) is 72.4 cm³/mol. The Hall–Kier alpha value is -0.410. The number of likely N-dealkylation sites (tertiary alicyclic amines) is 1. The third kappa shape index (κ3) is 3.79. The van der Waals surface area contributed by atoms with E-state index >= 15 is 0 Å². The number of hydrogen-bond acceptors (Lipinski definition) is 3. The Morgan fingerprint density at radius 2 is 2.22 bits per heavy atom. The van der Waals surface area contributed by atoms with E-state index in [9.17, 15) is 4.79 Å². The molecule has 2 fully saturated rings. The minimum Gasteiger partial charge on any atom is -0.396 e. The van der Waals surface area contributed by atoms with Crippen molar-refractivity contribution in [1.82, 2.24) is 4.90 Å². The van der Waals surface area contributed by atoms with Gasteiger partial charge in [0.1, 0.15) is 5.78 Å². The molecule has 104 valence electrons. The van der Waals surface area contributed by atoms with Gasteiger partial charge in [-0.15, -0.1) is 0 Å². The molecule has 0 amide bonds. The highest BCUT2D eigenvalue weighted by atomic mass is 16.3. The highest BCUT2D eigenvalue weighted by Crippen LogP contribution is 2.28. The van der Waals surface area contributed by atoms with Crippen LogP contribution in [0.5, 0.6) is 0 Å². The van der Waals surface area contributed by atoms with Crippen LogP contribution in [0, 0.1) is 17.8 Å². The first-order valence-corrected chi connectivity index (χ1v) is 7.55. The zero-order valence-corrected chi connectivity index (χ0v) is 11.6. The summed E-state index contributed by atoms with van der Waals surface area (Å²) < 4.78 is 0. The van der Waals surface area contributed by atoms with Gasteiger partial charge in [0.25, 0.3) is 0 Å². The van der Waals surface area contributed by atoms with E-state index in [-0.39, 0.29) is 5.92 Å². The number of aliphatic hydroxyl groups excluding tert-OH is 1. The summed E-state index contributed by atoms with van der Waals surface area (Å²) in [6, 6.07) is 0. The molecule has 1 aliphatic heterocycles. The number of nitrogens with zero attached hydrogens (tertiary/aromatic N) is 1. The van der Waals surface area contributed by atoms with E-state index in [0.717, 1.165) is 45.3 Å². The molecule has 1 N–H and O–H groups in total. The monoisotopic (exact) mass is 253 g/mol. The van der Waals surface area contributed by atoms with Gasteiger partial charge in [-0.3, -0.25) is 4.79 Å². The number of carbonyl (C=O) groups excluding carboxylic acids is 1. The molecule has 0 aromatic heterocycles. The summed E-state index contributed by atoms with van der Waals surface area (Å²) in [6.45, 7) is 5.76. The lowest BCUT2D eigenvalue weighted by atomic mass is 9.81. The lowest BCUT2D eigenvalue weighted by molar-refractivity contribution is -0.126. The molecule has 1 saturated heterocycles. The van der Waals surface area contributed by atoms with Crippen molar-refractivity contribution < 1.29 is 9.90 Å². The Balaban J connectivity index is 1.82. The average molecular weight is 253 g/mol. The summed E-state index contributed by atoms with van der Waals surface area (Å²) in [7, 11) is 0. The zero-order chi connectivity index (χ0) is 13.0. The van der Waals surface area contributed by atoms with E-state index in [1.807, 2.05) is 0 Å². The summed E-state index contributed by atoms with van der Waals surface area (Å²) >= 11 is 0. The second-order valence-electron chi connectivity index (χ2n) is 6.32. The molecule has 3 atom stereocenters. The largest absolute Gasteiger partial charge is 0.396 e. The van der Waals surface area contributed by atoms with Crippen molar-refractivity contribution in [2.75, 3.05) is 26.2 Å². The topological polar surface area (TPSA) is 40.5 Å². The molecule has 1 saturated carbocycles. The smallest absolute Gasteiger partial charge is 0.137 e. The number of aliphatic hydroxyl groups is 1. The van der Waals surface area contributed by atoms with Gasteiger partial charge >= 0.3 is 0 Å². The summed E-state index contributed by atoms with van der Waals surface area (Å²) in [5.41, 5.74) is 0. The Kier molecular flexibility index (Phi) is 5.19. The van der Waals surface area contributed by atoms with Crippen molar-refractivity contribution >= 4 is 5.78 Å². The first-order valence-electron chi connectivity index (χ1n) is 7.55. The molecule has 0 bridgehead atoms. The van der Waals surface area contributed by atoms with E-state index < -0.39 is 0 Å². The molecule has 0 aromatic rings. The van der Waals surface area contributed by atoms with Crippen molar-refractivity contribution in [2.24, 2.45) is 17.8 Å². The third-order valence-electron chi connectivity index (χ3n) is 4.64. The average Bonchev–Trinajstić information content (AvgIpc) is 2.35. The van der Waals surface area contributed by atoms with Crippen LogP contribution in [0.4, 0.5) is 0 Å². The van der Waals surface area contributed by atoms with Gasteiger partial charge in [0.2, 0.25) is 0 Å². The van der Waals surface area contributed by atoms with Crippen molar-refractivity contribution in [3.63, 3.8) is 0 Å². The fourth-order valence-electron chi connectivity index (χ4n) is 3.55. The van der Waals surface area contributed by atoms with Gasteiger partial charge in [-0.2, -0.15) is 0 Å². The first kappa shape index (κ1) is 14.0. The maximum Gasteiger partial charge on any atom is 0.137 e. The number of carbonyl (C=O) groups is 1. The van der Waals surface area contributed by atoms with Gasteiger partial charge in [0.05, 0.1) is 0 Å². The maximum atomic E-state index is 12.0. The van der Waals surface area contributed by atoms with Crippen LogP contribution in [0.1, 0.15) is 45.4 Å². The molecular weight excluding hydrogens is 226 g/mol. The molecule has 0 spiro atoms. The van der Waals surface area contributed by atoms with E-state index in [0.29, 0.717) is 24.2 Å². The van der Waals surface area contributed by atoms with Gasteiger partial charge < -0.3 is 10.0 Å². The first-order chi connectivity index (χ1) is 8.69. The summed E-state index contributed by atoms with van der Waals surface area (Å²) in [6.07, 6.45) is 6.35. The van der Waals surface area contributed by atoms with Gasteiger partial charge in [-0.05, 0) is 50.5 Å². The van der Waals surface area contributed by atoms with Crippen LogP contribution in [-0.4, -0.2) is 42.0 Å². The summed E-state index contributed by atoms with van der Waals surface area (Å²) in [5, 5.41) is 9.03. The molecule has 0 aromatic carbocycles. The van der Waals surface area contributed by atoms with Gasteiger partial charge in [-0.1, -0.05) is 6.92 Å². The Bertz CT molecular complexity index is 278. The van der Waals surface area contributed by atoms with E-state index in [2.05, 4.69) is 11.8 Å². The van der Waals surface area contributed by atoms with E-state index in [1.165, 1.54) is 12.8 Å². The van der Waals surface area contributed by atoms with E-state index in [1.54, 1.807) is 0 Å². The Morgan fingerprint density at radius 1 is 1.39 bits per heavy atom. The zero-order valence-electron chi connectivity index (χ0n) is 11.6. The van der Waals surface area contributed by atoms with Crippen LogP contribution in [0.25, 0.3) is 0 Å². The molecule has 0 radical (unpaired) electrons. The lowest BCUT2D eigenvalue weighted by Crippen LogP contribution is -2.42. The van der Waals surface area contributed by atoms with Crippen LogP contribution in [-0.2, 0) is 4.79 Å². The lowest BCUT2D eigenvalue weighted by Gasteiger charge is -2.36. The van der Waals surface area contributed by atoms with Crippen molar-refractivity contribution in [3.05, 3.63) is 0 Å². The minimum absolute atomic E-state index is 0.279. The Morgan fingerprint density at radius 3 is 3.00 bits per heavy atom. The van der Waals surface area contributed by atoms with E-state index in [4.69, 9.17) is 5.11 Å². The highest BCUT2D eigenvalue weighted by Gasteiger charge is 2.29. The fraction of sp³-hybridized carbons (Fsp3) is 0.933. The molecule has 18 heavy (non-hydrogen) atoms. The molecule has 1 heterocycles. The van der Waals surface area contributed by atoms with Gasteiger partial charge in [0.15, 0.2) is 0 Å². The minimum atomic E-state index is 0.279. The molecule has 2 rings (SSSR count). The molecule has 3 nitrogen and oxygen atoms in total. The van der Waals surface area contributed by atoms with Gasteiger partial charge in [-0.25, -0.2) is 0 Å². The summed E-state index contributed by atoms with van der Waals surface area (Å²) in [4.78, 5) is 14.4. The van der Waals surface area contributed by atoms with Crippen molar-refractivity contribution in [3.8, 4) is 0 Å². The molecule has 3 unspecified atom stereocenters. The number of hydrogen-bond donors (Lipinski definition) is 1. The number of piperidine rings is 1. The van der Waals surface area contributed by atoms with Crippen LogP contribution in [0.15, 0.2) is 0 Å². The molecule has 2 aliphatic rings. The maximum absolute atomic E-state index is 12.0. The quantitative estimate of drug-likeness (QED) is 0.834. The van der Waals surface area contributed by atoms with Crippen LogP contribution in [0.3, 0.4) is 0 Å². The van der Waals surface area contributed by atoms with Crippen LogP contribution in [0.2, 0.25) is 0 Å². The predicted octanol–water partition coefficient (Wildman–Crippen LogP) is 2.09. The number of rotatable bonds is 4. The number of ketones is 1. The van der Waals surface area contributed by atoms with Crippen LogP contribution >= 0.6 is 0 Å². The van der Waals surface area contributed by atoms with Crippen LogP contribution < -0.4 is 0 Å². The molecule has 3 heteroatoms.